The average Bonchev–Trinajstić information content (AvgIpc) is 2.18. The molecular weight excluding hydrogens is 164 g/mol. The van der Waals surface area contributed by atoms with Crippen LogP contribution in [0.5, 0.6) is 0 Å². The van der Waals surface area contributed by atoms with Crippen molar-refractivity contribution in [3.05, 3.63) is 0 Å². The van der Waals surface area contributed by atoms with Gasteiger partial charge in [-0.1, -0.05) is 6.92 Å². The standard InChI is InChI=1S/C10H20N2O/c1-3-4-10(11)12-7-5-9(13-2)6-8-12/h9,11H,3-8H2,1-2H3. The Morgan fingerprint density at radius 2 is 2.08 bits per heavy atom. The highest BCUT2D eigenvalue weighted by atomic mass is 16.5. The molecule has 1 N–H and O–H groups in total. The highest BCUT2D eigenvalue weighted by Crippen LogP contribution is 2.13. The Bertz CT molecular complexity index is 162. The van der Waals surface area contributed by atoms with Crippen LogP contribution in [-0.2, 0) is 4.74 Å². The molecule has 1 heterocycles. The molecule has 0 aromatic carbocycles. The Morgan fingerprint density at radius 1 is 1.46 bits per heavy atom. The minimum atomic E-state index is 0.422. The number of ether oxygens (including phenoxy) is 1. The lowest BCUT2D eigenvalue weighted by Crippen LogP contribution is -2.40. The summed E-state index contributed by atoms with van der Waals surface area (Å²) in [5, 5.41) is 7.79. The molecule has 1 aliphatic heterocycles. The van der Waals surface area contributed by atoms with Crippen LogP contribution in [0, 0.1) is 5.41 Å². The van der Waals surface area contributed by atoms with Crippen molar-refractivity contribution >= 4 is 5.84 Å². The van der Waals surface area contributed by atoms with E-state index in [1.807, 2.05) is 0 Å². The van der Waals surface area contributed by atoms with Gasteiger partial charge in [-0.05, 0) is 19.3 Å². The summed E-state index contributed by atoms with van der Waals surface area (Å²) in [5.74, 6) is 0.803. The van der Waals surface area contributed by atoms with E-state index in [2.05, 4.69) is 11.8 Å². The molecule has 1 saturated heterocycles. The van der Waals surface area contributed by atoms with Crippen LogP contribution in [0.2, 0.25) is 0 Å². The van der Waals surface area contributed by atoms with Gasteiger partial charge in [0.1, 0.15) is 0 Å². The molecule has 0 atom stereocenters. The van der Waals surface area contributed by atoms with Gasteiger partial charge in [-0.3, -0.25) is 5.41 Å². The first-order chi connectivity index (χ1) is 6.27. The van der Waals surface area contributed by atoms with Crippen LogP contribution in [0.1, 0.15) is 32.6 Å². The van der Waals surface area contributed by atoms with Crippen molar-refractivity contribution in [2.75, 3.05) is 20.2 Å². The summed E-state index contributed by atoms with van der Waals surface area (Å²) < 4.78 is 5.28. The van der Waals surface area contributed by atoms with Gasteiger partial charge in [0.15, 0.2) is 0 Å². The second-order valence-electron chi connectivity index (χ2n) is 3.62. The second kappa shape index (κ2) is 5.22. The number of rotatable bonds is 3. The Morgan fingerprint density at radius 3 is 2.54 bits per heavy atom. The zero-order valence-corrected chi connectivity index (χ0v) is 8.68. The van der Waals surface area contributed by atoms with Crippen molar-refractivity contribution < 1.29 is 4.74 Å². The number of likely N-dealkylation sites (tertiary alicyclic amines) is 1. The minimum Gasteiger partial charge on any atom is -0.381 e. The summed E-state index contributed by atoms with van der Waals surface area (Å²) in [6.07, 6.45) is 4.55. The van der Waals surface area contributed by atoms with Crippen LogP contribution in [0.25, 0.3) is 0 Å². The highest BCUT2D eigenvalue weighted by molar-refractivity contribution is 5.79. The molecule has 0 aromatic rings. The molecule has 0 saturated carbocycles. The van der Waals surface area contributed by atoms with E-state index in [9.17, 15) is 0 Å². The molecule has 1 aliphatic rings. The van der Waals surface area contributed by atoms with Crippen LogP contribution >= 0.6 is 0 Å². The molecule has 0 bridgehead atoms. The van der Waals surface area contributed by atoms with Gasteiger partial charge in [-0.2, -0.15) is 0 Å². The van der Waals surface area contributed by atoms with Crippen molar-refractivity contribution in [1.29, 1.82) is 5.41 Å². The van der Waals surface area contributed by atoms with E-state index in [0.29, 0.717) is 6.10 Å². The highest BCUT2D eigenvalue weighted by Gasteiger charge is 2.19. The Kier molecular flexibility index (Phi) is 4.22. The fraction of sp³-hybridized carbons (Fsp3) is 0.900. The normalized spacial score (nSPS) is 19.1. The van der Waals surface area contributed by atoms with Gasteiger partial charge < -0.3 is 9.64 Å². The van der Waals surface area contributed by atoms with E-state index in [0.717, 1.165) is 44.6 Å². The van der Waals surface area contributed by atoms with Gasteiger partial charge in [0.2, 0.25) is 0 Å². The summed E-state index contributed by atoms with van der Waals surface area (Å²) in [5.41, 5.74) is 0. The average molecular weight is 184 g/mol. The molecule has 0 radical (unpaired) electrons. The smallest absolute Gasteiger partial charge is 0.0957 e. The molecular formula is C10H20N2O. The van der Waals surface area contributed by atoms with E-state index in [-0.39, 0.29) is 0 Å². The van der Waals surface area contributed by atoms with E-state index in [1.165, 1.54) is 0 Å². The van der Waals surface area contributed by atoms with Crippen molar-refractivity contribution in [1.82, 2.24) is 4.90 Å². The molecule has 76 valence electrons. The van der Waals surface area contributed by atoms with Crippen LogP contribution in [0.15, 0.2) is 0 Å². The van der Waals surface area contributed by atoms with E-state index in [4.69, 9.17) is 10.1 Å². The zero-order valence-electron chi connectivity index (χ0n) is 8.68. The molecule has 13 heavy (non-hydrogen) atoms. The lowest BCUT2D eigenvalue weighted by atomic mass is 10.1. The van der Waals surface area contributed by atoms with Crippen LogP contribution in [0.4, 0.5) is 0 Å². The van der Waals surface area contributed by atoms with E-state index < -0.39 is 0 Å². The van der Waals surface area contributed by atoms with Crippen LogP contribution < -0.4 is 0 Å². The molecule has 0 amide bonds. The summed E-state index contributed by atoms with van der Waals surface area (Å²) in [7, 11) is 1.78. The van der Waals surface area contributed by atoms with Gasteiger partial charge in [0.05, 0.1) is 11.9 Å². The maximum atomic E-state index is 7.79. The lowest BCUT2D eigenvalue weighted by Gasteiger charge is -2.32. The molecule has 3 nitrogen and oxygen atoms in total. The predicted molar refractivity (Wildman–Crippen MR) is 54.2 cm³/mol. The molecule has 0 aromatic heterocycles. The van der Waals surface area contributed by atoms with Crippen molar-refractivity contribution in [2.45, 2.75) is 38.7 Å². The summed E-state index contributed by atoms with van der Waals surface area (Å²) in [6, 6.07) is 0. The van der Waals surface area contributed by atoms with E-state index in [1.54, 1.807) is 7.11 Å². The number of amidine groups is 1. The molecule has 1 rings (SSSR count). The Hall–Kier alpha value is -0.570. The first kappa shape index (κ1) is 10.5. The molecule has 1 fully saturated rings. The molecule has 0 aliphatic carbocycles. The third kappa shape index (κ3) is 2.99. The third-order valence-electron chi connectivity index (χ3n) is 2.64. The second-order valence-corrected chi connectivity index (χ2v) is 3.62. The monoisotopic (exact) mass is 184 g/mol. The minimum absolute atomic E-state index is 0.422. The first-order valence-electron chi connectivity index (χ1n) is 5.13. The van der Waals surface area contributed by atoms with Crippen LogP contribution in [0.3, 0.4) is 0 Å². The fourth-order valence-electron chi connectivity index (χ4n) is 1.76. The number of hydrogen-bond donors (Lipinski definition) is 1. The van der Waals surface area contributed by atoms with Gasteiger partial charge in [0, 0.05) is 26.6 Å². The molecule has 0 unspecified atom stereocenters. The van der Waals surface area contributed by atoms with Gasteiger partial charge >= 0.3 is 0 Å². The SMILES string of the molecule is CCCC(=N)N1CCC(OC)CC1. The quantitative estimate of drug-likeness (QED) is 0.537. The number of hydrogen-bond acceptors (Lipinski definition) is 2. The number of nitrogens with one attached hydrogen (secondary N) is 1. The summed E-state index contributed by atoms with van der Waals surface area (Å²) >= 11 is 0. The van der Waals surface area contributed by atoms with E-state index >= 15 is 0 Å². The largest absolute Gasteiger partial charge is 0.381 e. The maximum Gasteiger partial charge on any atom is 0.0957 e. The number of nitrogens with zero attached hydrogens (tertiary/aromatic N) is 1. The van der Waals surface area contributed by atoms with Gasteiger partial charge in [0.25, 0.3) is 0 Å². The van der Waals surface area contributed by atoms with Gasteiger partial charge in [-0.25, -0.2) is 0 Å². The maximum absolute atomic E-state index is 7.79. The topological polar surface area (TPSA) is 36.3 Å². The predicted octanol–water partition coefficient (Wildman–Crippen LogP) is 1.87. The molecule has 3 heteroatoms. The number of piperidine rings is 1. The fourth-order valence-corrected chi connectivity index (χ4v) is 1.76. The summed E-state index contributed by atoms with van der Waals surface area (Å²) in [4.78, 5) is 2.18. The molecule has 0 spiro atoms. The third-order valence-corrected chi connectivity index (χ3v) is 2.64. The van der Waals surface area contributed by atoms with Crippen LogP contribution in [-0.4, -0.2) is 37.0 Å². The first-order valence-corrected chi connectivity index (χ1v) is 5.13. The van der Waals surface area contributed by atoms with Crippen molar-refractivity contribution in [2.24, 2.45) is 0 Å². The Balaban J connectivity index is 2.28. The zero-order chi connectivity index (χ0) is 9.68. The van der Waals surface area contributed by atoms with Crippen molar-refractivity contribution in [3.63, 3.8) is 0 Å². The Labute approximate surface area is 80.6 Å². The summed E-state index contributed by atoms with van der Waals surface area (Å²) in [6.45, 7) is 4.12. The van der Waals surface area contributed by atoms with Crippen molar-refractivity contribution in [3.8, 4) is 0 Å². The van der Waals surface area contributed by atoms with Gasteiger partial charge in [-0.15, -0.1) is 0 Å². The lowest BCUT2D eigenvalue weighted by molar-refractivity contribution is 0.0572. The number of methoxy groups -OCH3 is 1.